The zero-order chi connectivity index (χ0) is 15.2. The van der Waals surface area contributed by atoms with Crippen molar-refractivity contribution in [2.75, 3.05) is 31.6 Å². The van der Waals surface area contributed by atoms with Crippen molar-refractivity contribution in [1.82, 2.24) is 4.90 Å². The fraction of sp³-hybridized carbons (Fsp3) is 0.467. The van der Waals surface area contributed by atoms with Crippen LogP contribution in [0.4, 0.5) is 5.69 Å². The van der Waals surface area contributed by atoms with Gasteiger partial charge in [0.15, 0.2) is 0 Å². The molecule has 0 unspecified atom stereocenters. The van der Waals surface area contributed by atoms with E-state index in [4.69, 9.17) is 10.8 Å². The van der Waals surface area contributed by atoms with Crippen molar-refractivity contribution in [2.24, 2.45) is 11.7 Å². The standard InChI is InChI=1S/C15H21N3O3/c16-15(21)12-1-3-13(4-2-12)17-14(20)9-18-7-5-11(10-19)6-8-18/h1-4,11,19H,5-10H2,(H2,16,21)(H,17,20). The molecule has 0 radical (unpaired) electrons. The minimum Gasteiger partial charge on any atom is -0.396 e. The number of nitrogens with zero attached hydrogens (tertiary/aromatic N) is 1. The zero-order valence-electron chi connectivity index (χ0n) is 11.9. The van der Waals surface area contributed by atoms with Gasteiger partial charge in [0.25, 0.3) is 0 Å². The number of carbonyl (C=O) groups excluding carboxylic acids is 2. The van der Waals surface area contributed by atoms with Crippen molar-refractivity contribution in [2.45, 2.75) is 12.8 Å². The number of nitrogens with two attached hydrogens (primary N) is 1. The summed E-state index contributed by atoms with van der Waals surface area (Å²) in [7, 11) is 0. The van der Waals surface area contributed by atoms with Crippen molar-refractivity contribution in [1.29, 1.82) is 0 Å². The molecule has 0 saturated carbocycles. The minimum atomic E-state index is -0.486. The number of rotatable bonds is 5. The first kappa shape index (κ1) is 15.5. The number of aliphatic hydroxyl groups excluding tert-OH is 1. The molecule has 0 bridgehead atoms. The number of benzene rings is 1. The lowest BCUT2D eigenvalue weighted by Gasteiger charge is -2.30. The van der Waals surface area contributed by atoms with Gasteiger partial charge in [0.2, 0.25) is 11.8 Å². The van der Waals surface area contributed by atoms with Gasteiger partial charge in [-0.05, 0) is 56.1 Å². The van der Waals surface area contributed by atoms with Gasteiger partial charge < -0.3 is 16.2 Å². The molecule has 1 heterocycles. The summed E-state index contributed by atoms with van der Waals surface area (Å²) >= 11 is 0. The van der Waals surface area contributed by atoms with Crippen LogP contribution in [0.3, 0.4) is 0 Å². The topological polar surface area (TPSA) is 95.7 Å². The molecular formula is C15H21N3O3. The Kier molecular flexibility index (Phi) is 5.30. The minimum absolute atomic E-state index is 0.0794. The van der Waals surface area contributed by atoms with E-state index in [0.29, 0.717) is 23.7 Å². The van der Waals surface area contributed by atoms with Crippen LogP contribution >= 0.6 is 0 Å². The summed E-state index contributed by atoms with van der Waals surface area (Å²) in [5.41, 5.74) is 6.22. The van der Waals surface area contributed by atoms with E-state index in [1.807, 2.05) is 0 Å². The van der Waals surface area contributed by atoms with Crippen molar-refractivity contribution in [3.8, 4) is 0 Å². The van der Waals surface area contributed by atoms with E-state index in [1.165, 1.54) is 0 Å². The molecule has 1 aromatic rings. The number of likely N-dealkylation sites (tertiary alicyclic amines) is 1. The van der Waals surface area contributed by atoms with Crippen LogP contribution in [0.5, 0.6) is 0 Å². The number of nitrogens with one attached hydrogen (secondary N) is 1. The second-order valence-electron chi connectivity index (χ2n) is 5.39. The maximum absolute atomic E-state index is 12.0. The molecule has 1 aliphatic heterocycles. The molecule has 6 nitrogen and oxygen atoms in total. The summed E-state index contributed by atoms with van der Waals surface area (Å²) in [6.07, 6.45) is 1.86. The van der Waals surface area contributed by atoms with Crippen LogP contribution < -0.4 is 11.1 Å². The highest BCUT2D eigenvalue weighted by atomic mass is 16.3. The van der Waals surface area contributed by atoms with Crippen molar-refractivity contribution < 1.29 is 14.7 Å². The molecule has 1 aliphatic rings. The van der Waals surface area contributed by atoms with Crippen molar-refractivity contribution in [3.63, 3.8) is 0 Å². The van der Waals surface area contributed by atoms with Gasteiger partial charge in [-0.15, -0.1) is 0 Å². The molecule has 4 N–H and O–H groups in total. The maximum atomic E-state index is 12.0. The summed E-state index contributed by atoms with van der Waals surface area (Å²) < 4.78 is 0. The molecule has 1 aromatic carbocycles. The Morgan fingerprint density at radius 2 is 1.86 bits per heavy atom. The first-order chi connectivity index (χ1) is 10.1. The van der Waals surface area contributed by atoms with Gasteiger partial charge >= 0.3 is 0 Å². The Labute approximate surface area is 123 Å². The van der Waals surface area contributed by atoms with Crippen LogP contribution in [0, 0.1) is 5.92 Å². The largest absolute Gasteiger partial charge is 0.396 e. The third-order valence-corrected chi connectivity index (χ3v) is 3.79. The molecular weight excluding hydrogens is 270 g/mol. The van der Waals surface area contributed by atoms with Crippen molar-refractivity contribution >= 4 is 17.5 Å². The van der Waals surface area contributed by atoms with Crippen LogP contribution in [-0.4, -0.2) is 48.1 Å². The second kappa shape index (κ2) is 7.19. The Hall–Kier alpha value is -1.92. The molecule has 0 spiro atoms. The Morgan fingerprint density at radius 3 is 2.38 bits per heavy atom. The number of hydrogen-bond acceptors (Lipinski definition) is 4. The fourth-order valence-corrected chi connectivity index (χ4v) is 2.45. The lowest BCUT2D eigenvalue weighted by atomic mass is 9.98. The van der Waals surface area contributed by atoms with E-state index >= 15 is 0 Å². The van der Waals surface area contributed by atoms with Gasteiger partial charge in [0.05, 0.1) is 6.54 Å². The number of piperidine rings is 1. The number of amides is 2. The number of aliphatic hydroxyl groups is 1. The Bertz CT molecular complexity index is 493. The highest BCUT2D eigenvalue weighted by Crippen LogP contribution is 2.16. The molecule has 0 atom stereocenters. The van der Waals surface area contributed by atoms with Crippen LogP contribution in [-0.2, 0) is 4.79 Å². The summed E-state index contributed by atoms with van der Waals surface area (Å²) in [5, 5.41) is 11.9. The van der Waals surface area contributed by atoms with Gasteiger partial charge in [-0.3, -0.25) is 14.5 Å². The molecule has 114 valence electrons. The lowest BCUT2D eigenvalue weighted by Crippen LogP contribution is -2.39. The number of hydrogen-bond donors (Lipinski definition) is 3. The molecule has 0 aliphatic carbocycles. The SMILES string of the molecule is NC(=O)c1ccc(NC(=O)CN2CCC(CO)CC2)cc1. The summed E-state index contributed by atoms with van der Waals surface area (Å²) in [6, 6.07) is 6.50. The molecule has 2 amide bonds. The predicted molar refractivity (Wildman–Crippen MR) is 79.8 cm³/mol. The van der Waals surface area contributed by atoms with Crippen LogP contribution in [0.1, 0.15) is 23.2 Å². The predicted octanol–water partition coefficient (Wildman–Crippen LogP) is 0.428. The van der Waals surface area contributed by atoms with Gasteiger partial charge in [-0.25, -0.2) is 0 Å². The number of carbonyl (C=O) groups is 2. The van der Waals surface area contributed by atoms with E-state index < -0.39 is 5.91 Å². The smallest absolute Gasteiger partial charge is 0.248 e. The van der Waals surface area contributed by atoms with Gasteiger partial charge in [-0.2, -0.15) is 0 Å². The number of primary amides is 1. The van der Waals surface area contributed by atoms with Crippen LogP contribution in [0.25, 0.3) is 0 Å². The van der Waals surface area contributed by atoms with Gasteiger partial charge in [-0.1, -0.05) is 0 Å². The highest BCUT2D eigenvalue weighted by molar-refractivity contribution is 5.95. The van der Waals surface area contributed by atoms with Crippen molar-refractivity contribution in [3.05, 3.63) is 29.8 Å². The van der Waals surface area contributed by atoms with Crippen LogP contribution in [0.15, 0.2) is 24.3 Å². The third kappa shape index (κ3) is 4.54. The van der Waals surface area contributed by atoms with E-state index in [1.54, 1.807) is 24.3 Å². The van der Waals surface area contributed by atoms with E-state index in [-0.39, 0.29) is 12.5 Å². The van der Waals surface area contributed by atoms with E-state index in [9.17, 15) is 9.59 Å². The first-order valence-corrected chi connectivity index (χ1v) is 7.11. The monoisotopic (exact) mass is 291 g/mol. The summed E-state index contributed by atoms with van der Waals surface area (Å²) in [6.45, 7) is 2.24. The number of anilines is 1. The molecule has 2 rings (SSSR count). The van der Waals surface area contributed by atoms with Gasteiger partial charge in [0.1, 0.15) is 0 Å². The van der Waals surface area contributed by atoms with Crippen LogP contribution in [0.2, 0.25) is 0 Å². The van der Waals surface area contributed by atoms with Gasteiger partial charge in [0, 0.05) is 17.9 Å². The highest BCUT2D eigenvalue weighted by Gasteiger charge is 2.20. The molecule has 1 saturated heterocycles. The molecule has 21 heavy (non-hydrogen) atoms. The average Bonchev–Trinajstić information content (AvgIpc) is 2.48. The van der Waals surface area contributed by atoms with E-state index in [2.05, 4.69) is 10.2 Å². The summed E-state index contributed by atoms with van der Waals surface area (Å²) in [5.74, 6) is -0.199. The first-order valence-electron chi connectivity index (χ1n) is 7.11. The molecule has 6 heteroatoms. The molecule has 0 aromatic heterocycles. The zero-order valence-corrected chi connectivity index (χ0v) is 11.9. The van der Waals surface area contributed by atoms with E-state index in [0.717, 1.165) is 25.9 Å². The Morgan fingerprint density at radius 1 is 1.24 bits per heavy atom. The lowest BCUT2D eigenvalue weighted by molar-refractivity contribution is -0.117. The Balaban J connectivity index is 1.80. The fourth-order valence-electron chi connectivity index (χ4n) is 2.45. The normalized spacial score (nSPS) is 16.6. The second-order valence-corrected chi connectivity index (χ2v) is 5.39. The third-order valence-electron chi connectivity index (χ3n) is 3.79. The summed E-state index contributed by atoms with van der Waals surface area (Å²) in [4.78, 5) is 25.0. The maximum Gasteiger partial charge on any atom is 0.248 e. The molecule has 1 fully saturated rings. The quantitative estimate of drug-likeness (QED) is 0.733. The average molecular weight is 291 g/mol.